The lowest BCUT2D eigenvalue weighted by Gasteiger charge is -2.37. The van der Waals surface area contributed by atoms with Crippen LogP contribution >= 0.6 is 0 Å². The Morgan fingerprint density at radius 1 is 1.05 bits per heavy atom. The molecule has 1 aliphatic carbocycles. The van der Waals surface area contributed by atoms with E-state index in [1.54, 1.807) is 0 Å². The molecule has 20 heavy (non-hydrogen) atoms. The Kier molecular flexibility index (Phi) is 9.73. The van der Waals surface area contributed by atoms with Crippen molar-refractivity contribution in [1.29, 1.82) is 0 Å². The molecular weight excluding hydrogens is 250 g/mol. The van der Waals surface area contributed by atoms with Gasteiger partial charge in [-0.25, -0.2) is 0 Å². The first-order valence-corrected chi connectivity index (χ1v) is 8.70. The average Bonchev–Trinajstić information content (AvgIpc) is 2.40. The predicted octanol–water partition coefficient (Wildman–Crippen LogP) is 3.89. The van der Waals surface area contributed by atoms with Crippen LogP contribution in [-0.2, 0) is 4.79 Å². The molecule has 1 fully saturated rings. The number of aliphatic hydroxyl groups excluding tert-OH is 1. The van der Waals surface area contributed by atoms with Gasteiger partial charge in [0.05, 0.1) is 0 Å². The first-order chi connectivity index (χ1) is 9.79. The van der Waals surface area contributed by atoms with Crippen LogP contribution in [-0.4, -0.2) is 35.1 Å². The fraction of sp³-hybridized carbons (Fsp3) is 0.941. The molecule has 1 amide bonds. The number of carbonyl (C=O) groups excluding carboxylic acids is 1. The van der Waals surface area contributed by atoms with E-state index < -0.39 is 0 Å². The number of hydrogen-bond donors (Lipinski definition) is 1. The van der Waals surface area contributed by atoms with Crippen LogP contribution in [0.3, 0.4) is 0 Å². The minimum atomic E-state index is 0.188. The molecule has 0 saturated heterocycles. The molecular formula is C17H33NO2. The summed E-state index contributed by atoms with van der Waals surface area (Å²) in [4.78, 5) is 14.3. The van der Waals surface area contributed by atoms with Crippen molar-refractivity contribution in [2.45, 2.75) is 90.0 Å². The summed E-state index contributed by atoms with van der Waals surface area (Å²) in [6.45, 7) is 3.17. The fourth-order valence-electron chi connectivity index (χ4n) is 2.83. The van der Waals surface area contributed by atoms with Gasteiger partial charge < -0.3 is 10.0 Å². The van der Waals surface area contributed by atoms with Gasteiger partial charge in [0.15, 0.2) is 0 Å². The van der Waals surface area contributed by atoms with Gasteiger partial charge in [-0.2, -0.15) is 0 Å². The molecule has 3 nitrogen and oxygen atoms in total. The van der Waals surface area contributed by atoms with E-state index in [0.29, 0.717) is 18.4 Å². The fourth-order valence-corrected chi connectivity index (χ4v) is 2.83. The predicted molar refractivity (Wildman–Crippen MR) is 83.7 cm³/mol. The van der Waals surface area contributed by atoms with E-state index in [1.165, 1.54) is 44.9 Å². The van der Waals surface area contributed by atoms with Crippen molar-refractivity contribution in [3.63, 3.8) is 0 Å². The van der Waals surface area contributed by atoms with Gasteiger partial charge in [0, 0.05) is 25.6 Å². The monoisotopic (exact) mass is 283 g/mol. The van der Waals surface area contributed by atoms with E-state index in [-0.39, 0.29) is 6.61 Å². The zero-order chi connectivity index (χ0) is 14.6. The zero-order valence-corrected chi connectivity index (χ0v) is 13.3. The van der Waals surface area contributed by atoms with E-state index >= 15 is 0 Å². The van der Waals surface area contributed by atoms with E-state index in [9.17, 15) is 4.79 Å². The molecule has 0 spiro atoms. The second-order valence-corrected chi connectivity index (χ2v) is 6.12. The van der Waals surface area contributed by atoms with Gasteiger partial charge in [0.25, 0.3) is 0 Å². The number of carbonyl (C=O) groups is 1. The summed E-state index contributed by atoms with van der Waals surface area (Å²) in [6, 6.07) is 0.471. The highest BCUT2D eigenvalue weighted by Gasteiger charge is 2.27. The van der Waals surface area contributed by atoms with Gasteiger partial charge in [0.2, 0.25) is 5.91 Å². The molecule has 0 aromatic rings. The average molecular weight is 283 g/mol. The molecule has 118 valence electrons. The Morgan fingerprint density at radius 2 is 1.70 bits per heavy atom. The summed E-state index contributed by atoms with van der Waals surface area (Å²) in [7, 11) is 0. The quantitative estimate of drug-likeness (QED) is 0.552. The second-order valence-electron chi connectivity index (χ2n) is 6.12. The van der Waals surface area contributed by atoms with Crippen LogP contribution < -0.4 is 0 Å². The number of hydrogen-bond acceptors (Lipinski definition) is 2. The van der Waals surface area contributed by atoms with Crippen LogP contribution in [0.2, 0.25) is 0 Å². The van der Waals surface area contributed by atoms with Gasteiger partial charge in [-0.15, -0.1) is 0 Å². The van der Waals surface area contributed by atoms with Gasteiger partial charge >= 0.3 is 0 Å². The molecule has 0 heterocycles. The standard InChI is InChI=1S/C17H33NO2/c1-2-3-4-5-6-7-8-13-17(20)18(14-10-15-19)16-11-9-12-16/h16,19H,2-15H2,1H3. The van der Waals surface area contributed by atoms with Crippen LogP contribution in [0.5, 0.6) is 0 Å². The molecule has 1 aliphatic rings. The van der Waals surface area contributed by atoms with Crippen LogP contribution in [0.4, 0.5) is 0 Å². The van der Waals surface area contributed by atoms with Crippen molar-refractivity contribution in [2.75, 3.05) is 13.2 Å². The highest BCUT2D eigenvalue weighted by molar-refractivity contribution is 5.76. The summed E-state index contributed by atoms with van der Waals surface area (Å²) in [5, 5.41) is 8.95. The number of unbranched alkanes of at least 4 members (excludes halogenated alkanes) is 6. The van der Waals surface area contributed by atoms with E-state index in [2.05, 4.69) is 6.92 Å². The van der Waals surface area contributed by atoms with Crippen molar-refractivity contribution in [2.24, 2.45) is 0 Å². The van der Waals surface area contributed by atoms with Crippen molar-refractivity contribution in [3.05, 3.63) is 0 Å². The molecule has 1 N–H and O–H groups in total. The first-order valence-electron chi connectivity index (χ1n) is 8.70. The van der Waals surface area contributed by atoms with Crippen LogP contribution in [0.1, 0.15) is 84.0 Å². The van der Waals surface area contributed by atoms with Gasteiger partial charge in [-0.05, 0) is 32.1 Å². The summed E-state index contributed by atoms with van der Waals surface area (Å²) >= 11 is 0. The van der Waals surface area contributed by atoms with Crippen molar-refractivity contribution in [3.8, 4) is 0 Å². The maximum Gasteiger partial charge on any atom is 0.222 e. The molecule has 0 aromatic heterocycles. The van der Waals surface area contributed by atoms with Crippen molar-refractivity contribution < 1.29 is 9.90 Å². The first kappa shape index (κ1) is 17.5. The Hall–Kier alpha value is -0.570. The highest BCUT2D eigenvalue weighted by atomic mass is 16.3. The number of nitrogens with zero attached hydrogens (tertiary/aromatic N) is 1. The van der Waals surface area contributed by atoms with E-state index in [0.717, 1.165) is 32.2 Å². The number of amides is 1. The molecule has 1 rings (SSSR count). The second kappa shape index (κ2) is 11.1. The molecule has 0 aromatic carbocycles. The summed E-state index contributed by atoms with van der Waals surface area (Å²) < 4.78 is 0. The minimum absolute atomic E-state index is 0.188. The van der Waals surface area contributed by atoms with E-state index in [1.807, 2.05) is 4.90 Å². The largest absolute Gasteiger partial charge is 0.396 e. The Labute approximate surface area is 124 Å². The topological polar surface area (TPSA) is 40.5 Å². The SMILES string of the molecule is CCCCCCCCCC(=O)N(CCCO)C1CCC1. The number of aliphatic hydroxyl groups is 1. The van der Waals surface area contributed by atoms with Gasteiger partial charge in [0.1, 0.15) is 0 Å². The van der Waals surface area contributed by atoms with E-state index in [4.69, 9.17) is 5.11 Å². The van der Waals surface area contributed by atoms with Crippen LogP contribution in [0.25, 0.3) is 0 Å². The summed E-state index contributed by atoms with van der Waals surface area (Å²) in [5.74, 6) is 0.316. The Morgan fingerprint density at radius 3 is 2.25 bits per heavy atom. The molecule has 0 unspecified atom stereocenters. The summed E-state index contributed by atoms with van der Waals surface area (Å²) in [5.41, 5.74) is 0. The third-order valence-electron chi connectivity index (χ3n) is 4.39. The normalized spacial score (nSPS) is 15.1. The lowest BCUT2D eigenvalue weighted by Crippen LogP contribution is -2.44. The molecule has 0 atom stereocenters. The molecule has 1 saturated carbocycles. The Balaban J connectivity index is 2.11. The van der Waals surface area contributed by atoms with Crippen molar-refractivity contribution in [1.82, 2.24) is 4.90 Å². The zero-order valence-electron chi connectivity index (χ0n) is 13.3. The molecule has 0 bridgehead atoms. The summed E-state index contributed by atoms with van der Waals surface area (Å²) in [6.07, 6.45) is 13.8. The lowest BCUT2D eigenvalue weighted by molar-refractivity contribution is -0.135. The molecule has 3 heteroatoms. The van der Waals surface area contributed by atoms with Crippen molar-refractivity contribution >= 4 is 5.91 Å². The smallest absolute Gasteiger partial charge is 0.222 e. The van der Waals surface area contributed by atoms with Gasteiger partial charge in [-0.1, -0.05) is 45.4 Å². The lowest BCUT2D eigenvalue weighted by atomic mass is 9.91. The maximum atomic E-state index is 12.3. The third kappa shape index (κ3) is 6.74. The van der Waals surface area contributed by atoms with Crippen LogP contribution in [0.15, 0.2) is 0 Å². The van der Waals surface area contributed by atoms with Crippen LogP contribution in [0, 0.1) is 0 Å². The molecule has 0 radical (unpaired) electrons. The minimum Gasteiger partial charge on any atom is -0.396 e. The maximum absolute atomic E-state index is 12.3. The highest BCUT2D eigenvalue weighted by Crippen LogP contribution is 2.26. The third-order valence-corrected chi connectivity index (χ3v) is 4.39. The molecule has 0 aliphatic heterocycles. The van der Waals surface area contributed by atoms with Gasteiger partial charge in [-0.3, -0.25) is 4.79 Å². The number of rotatable bonds is 12. The Bertz CT molecular complexity index is 251.